The highest BCUT2D eigenvalue weighted by Gasteiger charge is 2.62. The summed E-state index contributed by atoms with van der Waals surface area (Å²) in [7, 11) is 1.70. The summed E-state index contributed by atoms with van der Waals surface area (Å²) < 4.78 is 149. The summed E-state index contributed by atoms with van der Waals surface area (Å²) in [6, 6.07) is 26.9. The van der Waals surface area contributed by atoms with Gasteiger partial charge in [0.05, 0.1) is 98.6 Å². The van der Waals surface area contributed by atoms with Gasteiger partial charge in [0.1, 0.15) is 39.1 Å². The molecule has 0 bridgehead atoms. The first kappa shape index (κ1) is 86.5. The lowest BCUT2D eigenvalue weighted by molar-refractivity contribution is -0.0885. The fourth-order valence-corrected chi connectivity index (χ4v) is 13.5. The molecule has 28 heteroatoms. The summed E-state index contributed by atoms with van der Waals surface area (Å²) in [4.78, 5) is 27.1. The molecule has 5 aliphatic rings. The van der Waals surface area contributed by atoms with E-state index >= 15 is 35.1 Å². The van der Waals surface area contributed by atoms with Crippen LogP contribution in [0.15, 0.2) is 150 Å². The number of ether oxygens (including phenoxy) is 5. The van der Waals surface area contributed by atoms with Crippen LogP contribution in [0.4, 0.5) is 92.4 Å². The number of halogens is 11. The van der Waals surface area contributed by atoms with Gasteiger partial charge < -0.3 is 39.6 Å². The summed E-state index contributed by atoms with van der Waals surface area (Å²) in [6.07, 6.45) is 6.55. The fourth-order valence-electron chi connectivity index (χ4n) is 12.9. The van der Waals surface area contributed by atoms with Gasteiger partial charge in [-0.1, -0.05) is 84.7 Å². The molecule has 4 atom stereocenters. The van der Waals surface area contributed by atoms with Crippen LogP contribution in [0.5, 0.6) is 0 Å². The third-order valence-electron chi connectivity index (χ3n) is 18.5. The van der Waals surface area contributed by atoms with Gasteiger partial charge in [0.25, 0.3) is 23.7 Å². The molecule has 0 spiro atoms. The van der Waals surface area contributed by atoms with E-state index < -0.39 is 45.4 Å². The Morgan fingerprint density at radius 3 is 1.21 bits per heavy atom. The molecule has 576 valence electrons. The number of anilines is 6. The number of nitrogens with one attached hydrogen (secondary N) is 3. The van der Waals surface area contributed by atoms with Crippen molar-refractivity contribution in [3.8, 4) is 0 Å². The van der Waals surface area contributed by atoms with E-state index in [4.69, 9.17) is 78.2 Å². The molecule has 4 N–H and O–H groups in total. The Balaban J connectivity index is 0.000000196. The van der Waals surface area contributed by atoms with Gasteiger partial charge in [-0.3, -0.25) is 5.21 Å². The van der Waals surface area contributed by atoms with Crippen LogP contribution < -0.4 is 16.0 Å². The van der Waals surface area contributed by atoms with Crippen LogP contribution in [-0.2, 0) is 45.3 Å². The van der Waals surface area contributed by atoms with E-state index in [0.717, 1.165) is 27.7 Å². The molecule has 12 rings (SSSR count). The van der Waals surface area contributed by atoms with Gasteiger partial charge in [-0.2, -0.15) is 0 Å². The number of amidine groups is 1. The predicted molar refractivity (Wildman–Crippen MR) is 410 cm³/mol. The summed E-state index contributed by atoms with van der Waals surface area (Å²) in [5.74, 6) is -11.6. The lowest BCUT2D eigenvalue weighted by atomic mass is 9.67. The van der Waals surface area contributed by atoms with E-state index in [2.05, 4.69) is 50.4 Å². The lowest BCUT2D eigenvalue weighted by Crippen LogP contribution is -2.54. The number of allylic oxidation sites excluding steroid dienone is 2. The number of aliphatic imine (C=N–C) groups is 1. The standard InChI is InChI=1S/C19H18ClF2N3O2.C19H18ClF2N3O.C19H19F2N3O.C18H19ClF2N2O.C4H10O.CH4/c1-11(2)27-10-19(18(3,21)22)14-8-13(23-4)5-6-16(14)24-17-15(19)7-12(20)9-25(17)26;1-11(2)26-10-19(18(3,21)22)14-8-13(23-4)5-6-16(14)25-17-15(19)7-12(20)9-24-17;1-12(2)25-11-19(18(3,20)21)14-6-5-9-23-17(14)24-16-8-7-13(22-4)10-15(16)19;1-11(2)24-10-18(17(3,20)21)13-5-4-8-22-16(13)23-15-7-6-12(19)9-14(15)18;1-4(2)5-3;/h5-9,11,26H,10H2,1-3H3;5-9,11H,10H2,1-3H3,(H,24,25);5-10,12H,11H2,1-3H3,(H,23,24);4-9,11H,10H2,1-3H3,(H,22,23);4H,1-3H3;1H4. The molecule has 4 unspecified atom stereocenters. The molecule has 0 amide bonds. The number of hydrogen-bond donors (Lipinski definition) is 4. The molecule has 5 aliphatic heterocycles. The molecular formula is C80H88Cl3F8N11O6. The molecule has 0 saturated carbocycles. The molecule has 0 radical (unpaired) electrons. The van der Waals surface area contributed by atoms with Gasteiger partial charge in [-0.15, -0.1) is 0 Å². The largest absolute Gasteiger partial charge is 0.382 e. The Hall–Kier alpha value is -8.78. The van der Waals surface area contributed by atoms with Gasteiger partial charge in [-0.05, 0) is 158 Å². The number of hydrogen-bond acceptors (Lipinski definition) is 14. The topological polar surface area (TPSA) is 170 Å². The Morgan fingerprint density at radius 1 is 0.472 bits per heavy atom. The first-order valence-corrected chi connectivity index (χ1v) is 35.2. The number of aromatic nitrogens is 3. The van der Waals surface area contributed by atoms with Crippen LogP contribution in [0.2, 0.25) is 10.0 Å². The highest BCUT2D eigenvalue weighted by molar-refractivity contribution is 6.32. The number of alkyl halides is 8. The SMILES string of the molecule is C.CC(C)OCC1(C(C)(F)F)c2cc(Cl)ccc2Nc2ncccc21.COC(C)C.[C-]#[N+]c1ccc2c(c1)C(COC(C)C)(C(C)(F)F)C1=CC(Cl)=CN(O)C1=N2.[C-]#[N+]c1ccc2c(c1)C(COC(C)C)(C(C)(F)F)c1cc(Cl)cnc1N2.[C-]#[N+]c1ccc2c(c1)C(COC(C)C)(C(C)(F)F)c1cccnc1N2. The van der Waals surface area contributed by atoms with Crippen molar-refractivity contribution in [2.75, 3.05) is 49.5 Å². The average Bonchev–Trinajstić information content (AvgIpc) is 0.736. The van der Waals surface area contributed by atoms with Crippen molar-refractivity contribution >= 4 is 97.9 Å². The van der Waals surface area contributed by atoms with E-state index in [1.165, 1.54) is 54.9 Å². The van der Waals surface area contributed by atoms with Crippen molar-refractivity contribution in [1.82, 2.24) is 20.0 Å². The van der Waals surface area contributed by atoms with Crippen LogP contribution in [0.1, 0.15) is 143 Å². The smallest absolute Gasteiger partial charge is 0.261 e. The first-order chi connectivity index (χ1) is 50.1. The van der Waals surface area contributed by atoms with Gasteiger partial charge in [0, 0.05) is 97.7 Å². The summed E-state index contributed by atoms with van der Waals surface area (Å²) in [6.45, 7) is 42.5. The molecule has 108 heavy (non-hydrogen) atoms. The number of rotatable bonds is 17. The zero-order chi connectivity index (χ0) is 79.2. The quantitative estimate of drug-likeness (QED) is 0.0502. The molecule has 4 aromatic carbocycles. The second-order valence-electron chi connectivity index (χ2n) is 27.7. The number of benzene rings is 4. The molecular weight excluding hydrogens is 1470 g/mol. The zero-order valence-corrected chi connectivity index (χ0v) is 63.9. The van der Waals surface area contributed by atoms with Crippen molar-refractivity contribution in [2.24, 2.45) is 4.99 Å². The Kier molecular flexibility index (Phi) is 27.6. The second-order valence-corrected chi connectivity index (χ2v) is 29.0. The second kappa shape index (κ2) is 34.4. The maximum atomic E-state index is 15.2. The Labute approximate surface area is 641 Å². The Morgan fingerprint density at radius 2 is 0.824 bits per heavy atom. The average molecular weight is 1560 g/mol. The van der Waals surface area contributed by atoms with Crippen molar-refractivity contribution in [2.45, 2.75) is 180 Å². The first-order valence-electron chi connectivity index (χ1n) is 34.0. The monoisotopic (exact) mass is 1560 g/mol. The van der Waals surface area contributed by atoms with E-state index in [-0.39, 0.29) is 108 Å². The van der Waals surface area contributed by atoms with E-state index in [9.17, 15) is 5.21 Å². The highest BCUT2D eigenvalue weighted by Crippen LogP contribution is 2.59. The minimum atomic E-state index is -3.31. The highest BCUT2D eigenvalue weighted by atomic mass is 35.5. The summed E-state index contributed by atoms with van der Waals surface area (Å²) >= 11 is 18.2. The molecule has 0 fully saturated rings. The molecule has 0 aliphatic carbocycles. The van der Waals surface area contributed by atoms with Crippen LogP contribution in [0.25, 0.3) is 14.5 Å². The number of nitrogens with zero attached hydrogens (tertiary/aromatic N) is 8. The number of pyridine rings is 3. The van der Waals surface area contributed by atoms with Crippen LogP contribution in [-0.4, -0.2) is 119 Å². The minimum Gasteiger partial charge on any atom is -0.382 e. The normalized spacial score (nSPS) is 19.1. The summed E-state index contributed by atoms with van der Waals surface area (Å²) in [5, 5.41) is 20.9. The minimum absolute atomic E-state index is 0. The maximum Gasteiger partial charge on any atom is 0.261 e. The van der Waals surface area contributed by atoms with Crippen LogP contribution in [0.3, 0.4) is 0 Å². The van der Waals surface area contributed by atoms with Crippen molar-refractivity contribution in [3.05, 3.63) is 228 Å². The zero-order valence-electron chi connectivity index (χ0n) is 61.6. The fraction of sp³-hybridized carbons (Fsp3) is 0.412. The van der Waals surface area contributed by atoms with Gasteiger partial charge >= 0.3 is 0 Å². The van der Waals surface area contributed by atoms with E-state index in [0.29, 0.717) is 84.2 Å². The number of hydroxylamine groups is 2. The van der Waals surface area contributed by atoms with Gasteiger partial charge in [-0.25, -0.2) is 74.7 Å². The third-order valence-corrected chi connectivity index (χ3v) is 19.1. The predicted octanol–water partition coefficient (Wildman–Crippen LogP) is 22.9. The molecule has 17 nitrogen and oxygen atoms in total. The molecule has 0 saturated heterocycles. The van der Waals surface area contributed by atoms with Gasteiger partial charge in [0.2, 0.25) is 0 Å². The van der Waals surface area contributed by atoms with Crippen molar-refractivity contribution < 1.29 is 64.0 Å². The third kappa shape index (κ3) is 17.6. The summed E-state index contributed by atoms with van der Waals surface area (Å²) in [5.41, 5.74) is -2.22. The van der Waals surface area contributed by atoms with Crippen LogP contribution in [0, 0.1) is 19.7 Å². The number of fused-ring (bicyclic) bond motifs is 8. The lowest BCUT2D eigenvalue weighted by Gasteiger charge is -2.45. The van der Waals surface area contributed by atoms with E-state index in [1.54, 1.807) is 114 Å². The Bertz CT molecular complexity index is 4620. The van der Waals surface area contributed by atoms with Gasteiger partial charge in [0.15, 0.2) is 22.9 Å². The van der Waals surface area contributed by atoms with Crippen molar-refractivity contribution in [3.63, 3.8) is 0 Å². The maximum absolute atomic E-state index is 15.2. The molecule has 7 aromatic rings. The van der Waals surface area contributed by atoms with E-state index in [1.807, 2.05) is 41.5 Å². The number of methoxy groups -OCH3 is 1. The van der Waals surface area contributed by atoms with Crippen molar-refractivity contribution in [1.29, 1.82) is 0 Å². The molecule has 3 aromatic heterocycles. The molecule has 8 heterocycles. The van der Waals surface area contributed by atoms with Crippen LogP contribution >= 0.6 is 34.8 Å².